The maximum Gasteiger partial charge on any atom is 0.314 e. The Balaban J connectivity index is 2.24. The van der Waals surface area contributed by atoms with Crippen molar-refractivity contribution in [1.29, 1.82) is 0 Å². The van der Waals surface area contributed by atoms with Crippen LogP contribution in [0.2, 0.25) is 5.02 Å². The maximum absolute atomic E-state index is 12.5. The average Bonchev–Trinajstić information content (AvgIpc) is 2.91. The molecule has 0 bridgehead atoms. The van der Waals surface area contributed by atoms with Crippen molar-refractivity contribution >= 4 is 23.5 Å². The van der Waals surface area contributed by atoms with Crippen molar-refractivity contribution in [2.45, 2.75) is 39.2 Å². The molecule has 0 aromatic carbocycles. The van der Waals surface area contributed by atoms with Crippen molar-refractivity contribution in [2.24, 2.45) is 11.3 Å². The van der Waals surface area contributed by atoms with E-state index in [0.29, 0.717) is 18.8 Å². The van der Waals surface area contributed by atoms with E-state index in [-0.39, 0.29) is 30.2 Å². The number of H-pyrrole nitrogens is 1. The molecule has 128 valence electrons. The van der Waals surface area contributed by atoms with Crippen molar-refractivity contribution in [3.63, 3.8) is 0 Å². The summed E-state index contributed by atoms with van der Waals surface area (Å²) in [5.74, 6) is -1.15. The third-order valence-electron chi connectivity index (χ3n) is 4.47. The molecule has 0 aliphatic carbocycles. The summed E-state index contributed by atoms with van der Waals surface area (Å²) in [6.07, 6.45) is 1.57. The van der Waals surface area contributed by atoms with Crippen LogP contribution >= 0.6 is 11.6 Å². The first-order valence-electron chi connectivity index (χ1n) is 7.67. The van der Waals surface area contributed by atoms with Crippen molar-refractivity contribution in [1.82, 2.24) is 15.1 Å². The Morgan fingerprint density at radius 2 is 2.26 bits per heavy atom. The molecule has 0 saturated carbocycles. The molecular weight excluding hydrogens is 322 g/mol. The summed E-state index contributed by atoms with van der Waals surface area (Å²) >= 11 is 5.91. The van der Waals surface area contributed by atoms with Crippen LogP contribution in [-0.2, 0) is 4.79 Å². The Bertz CT molecular complexity index is 589. The smallest absolute Gasteiger partial charge is 0.314 e. The van der Waals surface area contributed by atoms with Crippen molar-refractivity contribution in [3.05, 3.63) is 16.9 Å². The molecule has 1 amide bonds. The number of piperidine rings is 1. The number of hydrogen-bond donors (Lipinski definition) is 3. The summed E-state index contributed by atoms with van der Waals surface area (Å²) < 4.78 is 0. The second kappa shape index (κ2) is 6.88. The van der Waals surface area contributed by atoms with E-state index >= 15 is 0 Å². The summed E-state index contributed by atoms with van der Waals surface area (Å²) in [5.41, 5.74) is -1.20. The molecule has 1 aromatic heterocycles. The minimum absolute atomic E-state index is 0.0373. The van der Waals surface area contributed by atoms with Crippen LogP contribution < -0.4 is 0 Å². The van der Waals surface area contributed by atoms with Crippen LogP contribution in [0, 0.1) is 11.3 Å². The van der Waals surface area contributed by atoms with E-state index in [0.717, 1.165) is 0 Å². The van der Waals surface area contributed by atoms with Crippen molar-refractivity contribution < 1.29 is 19.8 Å². The normalized spacial score (nSPS) is 24.9. The fraction of sp³-hybridized carbons (Fsp3) is 0.667. The lowest BCUT2D eigenvalue weighted by atomic mass is 9.72. The molecule has 7 nitrogen and oxygen atoms in total. The lowest BCUT2D eigenvalue weighted by molar-refractivity contribution is -0.163. The number of carbonyl (C=O) groups is 2. The van der Waals surface area contributed by atoms with Gasteiger partial charge in [0.25, 0.3) is 5.91 Å². The number of nitrogens with zero attached hydrogens (tertiary/aromatic N) is 2. The highest BCUT2D eigenvalue weighted by atomic mass is 35.5. The first-order valence-corrected chi connectivity index (χ1v) is 8.05. The van der Waals surface area contributed by atoms with E-state index in [2.05, 4.69) is 10.2 Å². The van der Waals surface area contributed by atoms with E-state index in [1.807, 2.05) is 13.8 Å². The molecule has 1 fully saturated rings. The number of aliphatic hydroxyl groups is 1. The van der Waals surface area contributed by atoms with Crippen LogP contribution in [0.1, 0.15) is 43.6 Å². The highest BCUT2D eigenvalue weighted by Gasteiger charge is 2.50. The van der Waals surface area contributed by atoms with Gasteiger partial charge in [0.05, 0.1) is 17.3 Å². The molecule has 0 spiro atoms. The SMILES string of the molecule is CC(C)CC[C@@]1(C(=O)O)CN(C(=O)c2[nH]ncc2Cl)CC[C@H]1O. The van der Waals surface area contributed by atoms with Crippen LogP contribution in [0.25, 0.3) is 0 Å². The fourth-order valence-electron chi connectivity index (χ4n) is 2.94. The summed E-state index contributed by atoms with van der Waals surface area (Å²) in [6.45, 7) is 4.24. The van der Waals surface area contributed by atoms with Gasteiger partial charge in [0.2, 0.25) is 0 Å². The predicted octanol–water partition coefficient (Wildman–Crippen LogP) is 1.78. The first-order chi connectivity index (χ1) is 10.8. The molecule has 0 unspecified atom stereocenters. The highest BCUT2D eigenvalue weighted by Crippen LogP contribution is 2.37. The van der Waals surface area contributed by atoms with E-state index in [9.17, 15) is 19.8 Å². The molecular formula is C15H22ClN3O4. The number of likely N-dealkylation sites (tertiary alicyclic amines) is 1. The van der Waals surface area contributed by atoms with Gasteiger partial charge in [-0.2, -0.15) is 5.10 Å². The van der Waals surface area contributed by atoms with Gasteiger partial charge in [0, 0.05) is 13.1 Å². The molecule has 8 heteroatoms. The van der Waals surface area contributed by atoms with Gasteiger partial charge in [-0.3, -0.25) is 14.7 Å². The zero-order valence-electron chi connectivity index (χ0n) is 13.3. The number of carbonyl (C=O) groups excluding carboxylic acids is 1. The number of halogens is 1. The summed E-state index contributed by atoms with van der Waals surface area (Å²) in [5, 5.41) is 26.5. The average molecular weight is 344 g/mol. The fourth-order valence-corrected chi connectivity index (χ4v) is 3.11. The van der Waals surface area contributed by atoms with E-state index in [1.165, 1.54) is 11.1 Å². The monoisotopic (exact) mass is 343 g/mol. The minimum atomic E-state index is -1.34. The third-order valence-corrected chi connectivity index (χ3v) is 4.76. The zero-order valence-corrected chi connectivity index (χ0v) is 14.0. The lowest BCUT2D eigenvalue weighted by Gasteiger charge is -2.43. The number of amides is 1. The highest BCUT2D eigenvalue weighted by molar-refractivity contribution is 6.33. The molecule has 1 aromatic rings. The maximum atomic E-state index is 12.5. The Labute approximate surface area is 139 Å². The molecule has 2 heterocycles. The topological polar surface area (TPSA) is 107 Å². The number of aliphatic carboxylic acids is 1. The number of carboxylic acids is 1. The van der Waals surface area contributed by atoms with Gasteiger partial charge in [-0.05, 0) is 25.2 Å². The summed E-state index contributed by atoms with van der Waals surface area (Å²) in [6, 6.07) is 0. The van der Waals surface area contributed by atoms with E-state index in [4.69, 9.17) is 11.6 Å². The minimum Gasteiger partial charge on any atom is -0.481 e. The molecule has 0 radical (unpaired) electrons. The largest absolute Gasteiger partial charge is 0.481 e. The zero-order chi connectivity index (χ0) is 17.2. The number of aliphatic hydroxyl groups excluding tert-OH is 1. The van der Waals surface area contributed by atoms with Crippen LogP contribution in [0.15, 0.2) is 6.20 Å². The van der Waals surface area contributed by atoms with Gasteiger partial charge in [-0.25, -0.2) is 0 Å². The van der Waals surface area contributed by atoms with Gasteiger partial charge < -0.3 is 15.1 Å². The van der Waals surface area contributed by atoms with Crippen molar-refractivity contribution in [3.8, 4) is 0 Å². The Morgan fingerprint density at radius 3 is 2.78 bits per heavy atom. The first kappa shape index (κ1) is 17.7. The van der Waals surface area contributed by atoms with Gasteiger partial charge in [0.1, 0.15) is 11.1 Å². The summed E-state index contributed by atoms with van der Waals surface area (Å²) in [4.78, 5) is 25.8. The Kier molecular flexibility index (Phi) is 5.31. The molecule has 1 saturated heterocycles. The number of aromatic nitrogens is 2. The molecule has 2 atom stereocenters. The van der Waals surface area contributed by atoms with E-state index in [1.54, 1.807) is 0 Å². The molecule has 2 rings (SSSR count). The Hall–Kier alpha value is -1.60. The van der Waals surface area contributed by atoms with Gasteiger partial charge in [0.15, 0.2) is 0 Å². The second-order valence-corrected chi connectivity index (χ2v) is 6.93. The molecule has 3 N–H and O–H groups in total. The van der Waals surface area contributed by atoms with Gasteiger partial charge >= 0.3 is 5.97 Å². The molecule has 23 heavy (non-hydrogen) atoms. The van der Waals surface area contributed by atoms with Crippen LogP contribution in [-0.4, -0.2) is 56.4 Å². The van der Waals surface area contributed by atoms with Crippen LogP contribution in [0.3, 0.4) is 0 Å². The Morgan fingerprint density at radius 1 is 1.57 bits per heavy atom. The molecule has 1 aliphatic rings. The van der Waals surface area contributed by atoms with Gasteiger partial charge in [-0.15, -0.1) is 0 Å². The van der Waals surface area contributed by atoms with Crippen LogP contribution in [0.5, 0.6) is 0 Å². The number of nitrogens with one attached hydrogen (secondary N) is 1. The van der Waals surface area contributed by atoms with Crippen LogP contribution in [0.4, 0.5) is 0 Å². The number of hydrogen-bond acceptors (Lipinski definition) is 4. The van der Waals surface area contributed by atoms with Gasteiger partial charge in [-0.1, -0.05) is 25.4 Å². The molecule has 1 aliphatic heterocycles. The van der Waals surface area contributed by atoms with Crippen molar-refractivity contribution in [2.75, 3.05) is 13.1 Å². The number of rotatable bonds is 5. The predicted molar refractivity (Wildman–Crippen MR) is 84.3 cm³/mol. The van der Waals surface area contributed by atoms with E-state index < -0.39 is 23.4 Å². The third kappa shape index (κ3) is 3.50. The summed E-state index contributed by atoms with van der Waals surface area (Å²) in [7, 11) is 0. The number of aromatic amines is 1. The standard InChI is InChI=1S/C15H22ClN3O4/c1-9(2)3-5-15(14(22)23)8-19(6-4-11(15)20)13(21)12-10(16)7-17-18-12/h7,9,11,20H,3-6,8H2,1-2H3,(H,17,18)(H,22,23)/t11-,15-/m1/s1. The quantitative estimate of drug-likeness (QED) is 0.755. The second-order valence-electron chi connectivity index (χ2n) is 6.52. The number of carboxylic acid groups (broad SMARTS) is 1. The lowest BCUT2D eigenvalue weighted by Crippen LogP contribution is -2.57.